The van der Waals surface area contributed by atoms with Gasteiger partial charge in [0.1, 0.15) is 0 Å². The third-order valence-corrected chi connectivity index (χ3v) is 5.94. The summed E-state index contributed by atoms with van der Waals surface area (Å²) in [5.41, 5.74) is 12.5. The molecular formula is C30H44. The van der Waals surface area contributed by atoms with Gasteiger partial charge >= 0.3 is 0 Å². The van der Waals surface area contributed by atoms with Crippen LogP contribution in [0.2, 0.25) is 0 Å². The molecule has 0 unspecified atom stereocenters. The third-order valence-electron chi connectivity index (χ3n) is 5.94. The number of allylic oxidation sites excluding steroid dienone is 16. The maximum atomic E-state index is 2.28. The monoisotopic (exact) mass is 404 g/mol. The van der Waals surface area contributed by atoms with E-state index in [-0.39, 0.29) is 0 Å². The minimum atomic E-state index is 1.07. The van der Waals surface area contributed by atoms with Gasteiger partial charge in [0, 0.05) is 0 Å². The van der Waals surface area contributed by atoms with Crippen LogP contribution in [-0.4, -0.2) is 0 Å². The molecule has 0 heterocycles. The van der Waals surface area contributed by atoms with Crippen LogP contribution in [0.1, 0.15) is 93.9 Å². The van der Waals surface area contributed by atoms with E-state index in [1.165, 1.54) is 36.8 Å². The third kappa shape index (κ3) is 7.63. The summed E-state index contributed by atoms with van der Waals surface area (Å²) in [6, 6.07) is 0. The molecule has 0 amide bonds. The van der Waals surface area contributed by atoms with Crippen molar-refractivity contribution < 1.29 is 0 Å². The van der Waals surface area contributed by atoms with Crippen LogP contribution in [0.5, 0.6) is 0 Å². The number of hydrogen-bond donors (Lipinski definition) is 0. The van der Waals surface area contributed by atoms with E-state index in [9.17, 15) is 0 Å². The lowest BCUT2D eigenvalue weighted by Gasteiger charge is -2.06. The van der Waals surface area contributed by atoms with Gasteiger partial charge in [-0.05, 0) is 77.4 Å². The van der Waals surface area contributed by atoms with Crippen molar-refractivity contribution in [1.82, 2.24) is 0 Å². The van der Waals surface area contributed by atoms with Crippen LogP contribution >= 0.6 is 0 Å². The molecular weight excluding hydrogens is 360 g/mol. The van der Waals surface area contributed by atoms with E-state index in [0.717, 1.165) is 12.8 Å². The highest BCUT2D eigenvalue weighted by Gasteiger charge is 2.20. The zero-order valence-corrected chi connectivity index (χ0v) is 20.9. The molecule has 0 atom stereocenters. The summed E-state index contributed by atoms with van der Waals surface area (Å²) in [7, 11) is 0. The van der Waals surface area contributed by atoms with E-state index in [2.05, 4.69) is 76.3 Å². The highest BCUT2D eigenvalue weighted by Crippen LogP contribution is 2.40. The fourth-order valence-corrected chi connectivity index (χ4v) is 3.94. The molecule has 0 saturated heterocycles. The summed E-state index contributed by atoms with van der Waals surface area (Å²) in [6.45, 7) is 17.1. The highest BCUT2D eigenvalue weighted by molar-refractivity contribution is 5.49. The van der Waals surface area contributed by atoms with Gasteiger partial charge in [-0.3, -0.25) is 0 Å². The Labute approximate surface area is 187 Å². The molecule has 164 valence electrons. The first-order chi connectivity index (χ1) is 14.5. The van der Waals surface area contributed by atoms with Crippen LogP contribution in [0.25, 0.3) is 0 Å². The van der Waals surface area contributed by atoms with E-state index in [1.807, 2.05) is 27.7 Å². The predicted octanol–water partition coefficient (Wildman–Crippen LogP) is 9.91. The molecule has 4 rings (SSSR count). The molecule has 0 aliphatic heterocycles. The van der Waals surface area contributed by atoms with Crippen molar-refractivity contribution >= 4 is 0 Å². The van der Waals surface area contributed by atoms with Gasteiger partial charge in [0.05, 0.1) is 0 Å². The maximum absolute atomic E-state index is 2.28. The molecule has 0 spiro atoms. The smallest absolute Gasteiger partial charge is 0.0102 e. The molecule has 4 aliphatic carbocycles. The fraction of sp³-hybridized carbons (Fsp3) is 0.467. The quantitative estimate of drug-likeness (QED) is 0.352. The van der Waals surface area contributed by atoms with E-state index in [4.69, 9.17) is 0 Å². The molecule has 0 fully saturated rings. The molecule has 0 aromatic rings. The number of hydrogen-bond acceptors (Lipinski definition) is 0. The first-order valence-electron chi connectivity index (χ1n) is 11.9. The molecule has 0 nitrogen and oxygen atoms in total. The lowest BCUT2D eigenvalue weighted by Crippen LogP contribution is -1.86. The highest BCUT2D eigenvalue weighted by atomic mass is 14.3. The van der Waals surface area contributed by atoms with Gasteiger partial charge in [0.25, 0.3) is 0 Å². The van der Waals surface area contributed by atoms with Crippen molar-refractivity contribution in [2.24, 2.45) is 0 Å². The molecule has 0 bridgehead atoms. The summed E-state index contributed by atoms with van der Waals surface area (Å²) < 4.78 is 0. The first kappa shape index (κ1) is 26.0. The molecule has 0 heteroatoms. The Kier molecular flexibility index (Phi) is 12.1. The van der Waals surface area contributed by atoms with Crippen molar-refractivity contribution in [3.8, 4) is 0 Å². The van der Waals surface area contributed by atoms with E-state index in [0.29, 0.717) is 0 Å². The second kappa shape index (κ2) is 14.0. The van der Waals surface area contributed by atoms with Gasteiger partial charge in [-0.2, -0.15) is 0 Å². The zero-order valence-electron chi connectivity index (χ0n) is 20.9. The van der Waals surface area contributed by atoms with Crippen molar-refractivity contribution in [3.63, 3.8) is 0 Å². The fourth-order valence-electron chi connectivity index (χ4n) is 3.94. The van der Waals surface area contributed by atoms with Crippen molar-refractivity contribution in [2.45, 2.75) is 93.9 Å². The average Bonchev–Trinajstić information content (AvgIpc) is 3.33. The van der Waals surface area contributed by atoms with Gasteiger partial charge in [-0.15, -0.1) is 0 Å². The Hall–Kier alpha value is -2.08. The summed E-state index contributed by atoms with van der Waals surface area (Å²) in [5.74, 6) is 0. The molecule has 0 radical (unpaired) electrons. The summed E-state index contributed by atoms with van der Waals surface area (Å²) in [4.78, 5) is 0. The van der Waals surface area contributed by atoms with Gasteiger partial charge in [0.2, 0.25) is 0 Å². The minimum absolute atomic E-state index is 1.07. The Bertz CT molecular complexity index is 682. The molecule has 30 heavy (non-hydrogen) atoms. The van der Waals surface area contributed by atoms with Crippen LogP contribution in [-0.2, 0) is 0 Å². The van der Waals surface area contributed by atoms with Gasteiger partial charge in [-0.1, -0.05) is 110 Å². The topological polar surface area (TPSA) is 0 Å². The van der Waals surface area contributed by atoms with E-state index < -0.39 is 0 Å². The summed E-state index contributed by atoms with van der Waals surface area (Å²) in [5, 5.41) is 0. The molecule has 0 aromatic carbocycles. The Balaban J connectivity index is 0.000000260. The predicted molar refractivity (Wildman–Crippen MR) is 138 cm³/mol. The van der Waals surface area contributed by atoms with Crippen molar-refractivity contribution in [1.29, 1.82) is 0 Å². The average molecular weight is 405 g/mol. The van der Waals surface area contributed by atoms with Crippen molar-refractivity contribution in [3.05, 3.63) is 93.2 Å². The van der Waals surface area contributed by atoms with Crippen molar-refractivity contribution in [2.75, 3.05) is 0 Å². The SMILES string of the molecule is C1=CC(=C2C=CCC=C2)C=CC1.CC.CC.CC1=C(C)CC(=C2CC(C)=C(C)C2)C1. The molecule has 0 aromatic heterocycles. The minimum Gasteiger partial charge on any atom is -0.0801 e. The first-order valence-corrected chi connectivity index (χ1v) is 11.9. The summed E-state index contributed by atoms with van der Waals surface area (Å²) in [6.07, 6.45) is 24.7. The standard InChI is InChI=1S/C14H20.C12H12.2C2H6/c1-9-5-13(6-10(9)2)14-7-11(3)12(4)8-14;1-3-7-11(8-4-1)12-9-5-2-6-10-12;2*1-2/h5-8H2,1-4H3;3-10H,1-2H2;2*1-2H3. The van der Waals surface area contributed by atoms with Gasteiger partial charge in [-0.25, -0.2) is 0 Å². The van der Waals surface area contributed by atoms with Crippen LogP contribution in [0, 0.1) is 0 Å². The van der Waals surface area contributed by atoms with Crippen LogP contribution in [0.4, 0.5) is 0 Å². The maximum Gasteiger partial charge on any atom is -0.0102 e. The second-order valence-electron chi connectivity index (χ2n) is 8.03. The Morgan fingerprint density at radius 2 is 0.667 bits per heavy atom. The molecule has 0 N–H and O–H groups in total. The Morgan fingerprint density at radius 1 is 0.433 bits per heavy atom. The number of rotatable bonds is 0. The van der Waals surface area contributed by atoms with Gasteiger partial charge < -0.3 is 0 Å². The van der Waals surface area contributed by atoms with Gasteiger partial charge in [0.15, 0.2) is 0 Å². The Morgan fingerprint density at radius 3 is 0.900 bits per heavy atom. The molecule has 0 saturated carbocycles. The lowest BCUT2D eigenvalue weighted by atomic mass is 10.00. The van der Waals surface area contributed by atoms with Crippen LogP contribution < -0.4 is 0 Å². The van der Waals surface area contributed by atoms with E-state index in [1.54, 1.807) is 33.4 Å². The van der Waals surface area contributed by atoms with Crippen LogP contribution in [0.15, 0.2) is 93.2 Å². The zero-order chi connectivity index (χ0) is 22.5. The molecule has 4 aliphatic rings. The lowest BCUT2D eigenvalue weighted by molar-refractivity contribution is 1.00. The largest absolute Gasteiger partial charge is 0.0801 e. The normalized spacial score (nSPS) is 19.5. The van der Waals surface area contributed by atoms with E-state index >= 15 is 0 Å². The summed E-state index contributed by atoms with van der Waals surface area (Å²) >= 11 is 0. The van der Waals surface area contributed by atoms with Crippen LogP contribution in [0.3, 0.4) is 0 Å². The second-order valence-corrected chi connectivity index (χ2v) is 8.03.